The van der Waals surface area contributed by atoms with Crippen LogP contribution < -0.4 is 5.32 Å². The van der Waals surface area contributed by atoms with Crippen molar-refractivity contribution in [3.05, 3.63) is 65.0 Å². The predicted molar refractivity (Wildman–Crippen MR) is 72.5 cm³/mol. The lowest BCUT2D eigenvalue weighted by molar-refractivity contribution is 0.616. The van der Waals surface area contributed by atoms with Crippen molar-refractivity contribution in [2.24, 2.45) is 0 Å². The molecule has 2 aromatic carbocycles. The molecule has 0 saturated carbocycles. The number of rotatable bonds is 3. The highest BCUT2D eigenvalue weighted by atomic mass is 19.1. The summed E-state index contributed by atoms with van der Waals surface area (Å²) < 4.78 is 13.4. The molecule has 1 atom stereocenters. The molecular weight excluding hydrogens is 225 g/mol. The van der Waals surface area contributed by atoms with E-state index >= 15 is 0 Å². The zero-order valence-electron chi connectivity index (χ0n) is 10.4. The van der Waals surface area contributed by atoms with Crippen LogP contribution in [-0.4, -0.2) is 6.54 Å². The summed E-state index contributed by atoms with van der Waals surface area (Å²) in [5.74, 6) is 0.415. The maximum absolute atomic E-state index is 13.4. The van der Waals surface area contributed by atoms with Crippen LogP contribution >= 0.6 is 0 Å². The molecule has 2 aromatic rings. The minimum absolute atomic E-state index is 0.144. The van der Waals surface area contributed by atoms with Crippen molar-refractivity contribution in [3.8, 4) is 0 Å². The van der Waals surface area contributed by atoms with Crippen LogP contribution in [0.15, 0.2) is 42.5 Å². The number of anilines is 1. The highest BCUT2D eigenvalue weighted by Gasteiger charge is 2.24. The van der Waals surface area contributed by atoms with Crippen molar-refractivity contribution in [3.63, 3.8) is 0 Å². The van der Waals surface area contributed by atoms with E-state index in [4.69, 9.17) is 0 Å². The van der Waals surface area contributed by atoms with Crippen LogP contribution in [-0.2, 0) is 6.42 Å². The normalized spacial score (nSPS) is 16.9. The number of hydrogen-bond acceptors (Lipinski definition) is 1. The first-order chi connectivity index (χ1) is 8.75. The minimum atomic E-state index is -0.144. The van der Waals surface area contributed by atoms with E-state index in [1.807, 2.05) is 13.0 Å². The van der Waals surface area contributed by atoms with Crippen LogP contribution in [0.4, 0.5) is 10.1 Å². The van der Waals surface area contributed by atoms with E-state index < -0.39 is 0 Å². The molecule has 92 valence electrons. The fraction of sp³-hybridized carbons (Fsp3) is 0.250. The third-order valence-electron chi connectivity index (χ3n) is 3.77. The number of halogens is 1. The van der Waals surface area contributed by atoms with Gasteiger partial charge in [-0.2, -0.15) is 0 Å². The SMILES string of the molecule is Cc1c(F)cccc1NCC1Cc2ccccc21. The van der Waals surface area contributed by atoms with Gasteiger partial charge in [0.05, 0.1) is 0 Å². The van der Waals surface area contributed by atoms with Crippen LogP contribution in [0.1, 0.15) is 22.6 Å². The Morgan fingerprint density at radius 3 is 2.83 bits per heavy atom. The Kier molecular flexibility index (Phi) is 2.78. The third kappa shape index (κ3) is 1.88. The van der Waals surface area contributed by atoms with Crippen LogP contribution in [0.3, 0.4) is 0 Å². The molecule has 1 N–H and O–H groups in total. The van der Waals surface area contributed by atoms with Gasteiger partial charge >= 0.3 is 0 Å². The maximum atomic E-state index is 13.4. The molecule has 0 saturated heterocycles. The fourth-order valence-electron chi connectivity index (χ4n) is 2.58. The maximum Gasteiger partial charge on any atom is 0.128 e. The second-order valence-corrected chi connectivity index (χ2v) is 4.89. The largest absolute Gasteiger partial charge is 0.384 e. The molecule has 0 aromatic heterocycles. The van der Waals surface area contributed by atoms with Crippen molar-refractivity contribution >= 4 is 5.69 Å². The van der Waals surface area contributed by atoms with E-state index in [0.29, 0.717) is 11.5 Å². The lowest BCUT2D eigenvalue weighted by atomic mass is 9.77. The first kappa shape index (κ1) is 11.3. The molecular formula is C16H16FN. The highest BCUT2D eigenvalue weighted by Crippen LogP contribution is 2.35. The quantitative estimate of drug-likeness (QED) is 0.859. The van der Waals surface area contributed by atoms with Crippen molar-refractivity contribution in [1.29, 1.82) is 0 Å². The predicted octanol–water partition coefficient (Wildman–Crippen LogP) is 3.89. The molecule has 1 nitrogen and oxygen atoms in total. The summed E-state index contributed by atoms with van der Waals surface area (Å²) in [6, 6.07) is 13.7. The zero-order valence-corrected chi connectivity index (χ0v) is 10.4. The fourth-order valence-corrected chi connectivity index (χ4v) is 2.58. The molecule has 18 heavy (non-hydrogen) atoms. The summed E-state index contributed by atoms with van der Waals surface area (Å²) in [6.45, 7) is 2.69. The molecule has 0 heterocycles. The summed E-state index contributed by atoms with van der Waals surface area (Å²) in [6.07, 6.45) is 1.12. The average molecular weight is 241 g/mol. The van der Waals surface area contributed by atoms with Crippen LogP contribution in [0.25, 0.3) is 0 Å². The monoisotopic (exact) mass is 241 g/mol. The number of nitrogens with one attached hydrogen (secondary N) is 1. The summed E-state index contributed by atoms with van der Waals surface area (Å²) in [4.78, 5) is 0. The smallest absolute Gasteiger partial charge is 0.128 e. The van der Waals surface area contributed by atoms with Gasteiger partial charge in [-0.15, -0.1) is 0 Å². The summed E-state index contributed by atoms with van der Waals surface area (Å²) in [7, 11) is 0. The Morgan fingerprint density at radius 1 is 1.17 bits per heavy atom. The number of benzene rings is 2. The lowest BCUT2D eigenvalue weighted by Crippen LogP contribution is -2.24. The van der Waals surface area contributed by atoms with Gasteiger partial charge in [0, 0.05) is 23.7 Å². The summed E-state index contributed by atoms with van der Waals surface area (Å²) in [5, 5.41) is 3.36. The molecule has 2 heteroatoms. The van der Waals surface area contributed by atoms with E-state index in [9.17, 15) is 4.39 Å². The number of hydrogen-bond donors (Lipinski definition) is 1. The van der Waals surface area contributed by atoms with Gasteiger partial charge in [-0.05, 0) is 36.6 Å². The Balaban J connectivity index is 1.69. The molecule has 3 rings (SSSR count). The van der Waals surface area contributed by atoms with Gasteiger partial charge < -0.3 is 5.32 Å². The van der Waals surface area contributed by atoms with Gasteiger partial charge in [0.25, 0.3) is 0 Å². The van der Waals surface area contributed by atoms with Gasteiger partial charge in [-0.3, -0.25) is 0 Å². The van der Waals surface area contributed by atoms with E-state index in [1.54, 1.807) is 6.07 Å². The Labute approximate surface area is 107 Å². The van der Waals surface area contributed by atoms with Crippen molar-refractivity contribution < 1.29 is 4.39 Å². The second kappa shape index (κ2) is 4.45. The first-order valence-corrected chi connectivity index (χ1v) is 6.32. The summed E-state index contributed by atoms with van der Waals surface area (Å²) in [5.41, 5.74) is 4.48. The molecule has 1 unspecified atom stereocenters. The molecule has 0 radical (unpaired) electrons. The molecule has 0 fully saturated rings. The van der Waals surface area contributed by atoms with Gasteiger partial charge in [-0.1, -0.05) is 30.3 Å². The Bertz CT molecular complexity index is 577. The van der Waals surface area contributed by atoms with Crippen LogP contribution in [0.5, 0.6) is 0 Å². The van der Waals surface area contributed by atoms with E-state index in [1.165, 1.54) is 17.2 Å². The van der Waals surface area contributed by atoms with Gasteiger partial charge in [-0.25, -0.2) is 4.39 Å². The van der Waals surface area contributed by atoms with E-state index in [-0.39, 0.29) is 5.82 Å². The van der Waals surface area contributed by atoms with E-state index in [2.05, 4.69) is 29.6 Å². The Hall–Kier alpha value is -1.83. The second-order valence-electron chi connectivity index (χ2n) is 4.89. The van der Waals surface area contributed by atoms with Crippen LogP contribution in [0, 0.1) is 12.7 Å². The highest BCUT2D eigenvalue weighted by molar-refractivity contribution is 5.52. The van der Waals surface area contributed by atoms with Gasteiger partial charge in [0.15, 0.2) is 0 Å². The Morgan fingerprint density at radius 2 is 2.00 bits per heavy atom. The van der Waals surface area contributed by atoms with Gasteiger partial charge in [0.2, 0.25) is 0 Å². The lowest BCUT2D eigenvalue weighted by Gasteiger charge is -2.30. The van der Waals surface area contributed by atoms with E-state index in [0.717, 1.165) is 18.7 Å². The molecule has 0 spiro atoms. The molecule has 0 bridgehead atoms. The van der Waals surface area contributed by atoms with Gasteiger partial charge in [0.1, 0.15) is 5.82 Å². The molecule has 1 aliphatic rings. The number of fused-ring (bicyclic) bond motifs is 1. The minimum Gasteiger partial charge on any atom is -0.384 e. The first-order valence-electron chi connectivity index (χ1n) is 6.32. The van der Waals surface area contributed by atoms with Crippen molar-refractivity contribution in [2.75, 3.05) is 11.9 Å². The molecule has 1 aliphatic carbocycles. The average Bonchev–Trinajstić information content (AvgIpc) is 2.35. The topological polar surface area (TPSA) is 12.0 Å². The van der Waals surface area contributed by atoms with Crippen molar-refractivity contribution in [1.82, 2.24) is 0 Å². The van der Waals surface area contributed by atoms with Crippen LogP contribution in [0.2, 0.25) is 0 Å². The summed E-state index contributed by atoms with van der Waals surface area (Å²) >= 11 is 0. The zero-order chi connectivity index (χ0) is 12.5. The standard InChI is InChI=1S/C16H16FN/c1-11-15(17)7-4-8-16(11)18-10-13-9-12-5-2-3-6-14(12)13/h2-8,13,18H,9-10H2,1H3. The molecule has 0 amide bonds. The molecule has 0 aliphatic heterocycles. The third-order valence-corrected chi connectivity index (χ3v) is 3.77. The van der Waals surface area contributed by atoms with Crippen molar-refractivity contribution in [2.45, 2.75) is 19.3 Å².